The number of hydrogen-bond donors (Lipinski definition) is 0. The first-order valence-corrected chi connectivity index (χ1v) is 5.40. The largest absolute Gasteiger partial charge is 0.366 e. The summed E-state index contributed by atoms with van der Waals surface area (Å²) < 4.78 is 5.38. The van der Waals surface area contributed by atoms with Gasteiger partial charge in [0.1, 0.15) is 5.60 Å². The molecule has 3 heteroatoms. The molecule has 1 aromatic carbocycles. The maximum Gasteiger partial charge on any atom is 0.156 e. The van der Waals surface area contributed by atoms with Crippen LogP contribution in [0, 0.1) is 0 Å². The minimum atomic E-state index is -0.779. The number of rotatable bonds is 2. The molecule has 0 amide bonds. The molecule has 2 nitrogen and oxygen atoms in total. The van der Waals surface area contributed by atoms with Crippen molar-refractivity contribution >= 4 is 17.9 Å². The number of hydrogen-bond acceptors (Lipinski definition) is 2. The number of aryl methyl sites for hydroxylation is 1. The third-order valence-corrected chi connectivity index (χ3v) is 3.31. The number of carbonyl (C=O) groups excluding carboxylic acids is 1. The highest BCUT2D eigenvalue weighted by Gasteiger charge is 2.36. The maximum atomic E-state index is 11.2. The van der Waals surface area contributed by atoms with E-state index in [0.29, 0.717) is 5.02 Å². The molecule has 0 bridgehead atoms. The maximum absolute atomic E-state index is 11.2. The smallest absolute Gasteiger partial charge is 0.156 e. The van der Waals surface area contributed by atoms with E-state index in [1.54, 1.807) is 7.11 Å². The van der Waals surface area contributed by atoms with Gasteiger partial charge in [-0.05, 0) is 42.5 Å². The van der Waals surface area contributed by atoms with Crippen LogP contribution in [0.15, 0.2) is 18.2 Å². The zero-order valence-electron chi connectivity index (χ0n) is 8.63. The van der Waals surface area contributed by atoms with Crippen molar-refractivity contribution in [2.24, 2.45) is 0 Å². The van der Waals surface area contributed by atoms with E-state index in [1.807, 2.05) is 18.2 Å². The van der Waals surface area contributed by atoms with E-state index in [4.69, 9.17) is 16.3 Å². The van der Waals surface area contributed by atoms with Crippen LogP contribution in [0.3, 0.4) is 0 Å². The molecular formula is C12H13ClO2. The van der Waals surface area contributed by atoms with E-state index in [0.717, 1.165) is 31.1 Å². The van der Waals surface area contributed by atoms with Gasteiger partial charge in [0.2, 0.25) is 0 Å². The lowest BCUT2D eigenvalue weighted by Crippen LogP contribution is -2.34. The van der Waals surface area contributed by atoms with E-state index >= 15 is 0 Å². The molecule has 0 heterocycles. The predicted molar refractivity (Wildman–Crippen MR) is 59.1 cm³/mol. The van der Waals surface area contributed by atoms with Crippen LogP contribution in [0.4, 0.5) is 0 Å². The van der Waals surface area contributed by atoms with Gasteiger partial charge >= 0.3 is 0 Å². The van der Waals surface area contributed by atoms with Gasteiger partial charge in [-0.1, -0.05) is 17.7 Å². The number of benzene rings is 1. The highest BCUT2D eigenvalue weighted by Crippen LogP contribution is 2.37. The Morgan fingerprint density at radius 3 is 3.00 bits per heavy atom. The molecule has 0 fully saturated rings. The first kappa shape index (κ1) is 10.7. The van der Waals surface area contributed by atoms with Crippen molar-refractivity contribution < 1.29 is 9.53 Å². The number of halogens is 1. The summed E-state index contributed by atoms with van der Waals surface area (Å²) in [5.74, 6) is 0. The zero-order valence-corrected chi connectivity index (χ0v) is 9.38. The molecule has 15 heavy (non-hydrogen) atoms. The molecule has 1 unspecified atom stereocenters. The Bertz CT molecular complexity index is 389. The van der Waals surface area contributed by atoms with Crippen molar-refractivity contribution in [1.82, 2.24) is 0 Å². The van der Waals surface area contributed by atoms with Gasteiger partial charge in [0.15, 0.2) is 6.29 Å². The molecule has 0 aromatic heterocycles. The molecule has 1 aromatic rings. The van der Waals surface area contributed by atoms with E-state index in [2.05, 4.69) is 0 Å². The van der Waals surface area contributed by atoms with Gasteiger partial charge in [-0.3, -0.25) is 4.79 Å². The fraction of sp³-hybridized carbons (Fsp3) is 0.417. The number of fused-ring (bicyclic) bond motifs is 1. The first-order valence-electron chi connectivity index (χ1n) is 5.02. The van der Waals surface area contributed by atoms with E-state index in [-0.39, 0.29) is 0 Å². The number of ether oxygens (including phenoxy) is 1. The van der Waals surface area contributed by atoms with Crippen LogP contribution in [0.2, 0.25) is 5.02 Å². The number of aldehydes is 1. The Hall–Kier alpha value is -0.860. The Kier molecular flexibility index (Phi) is 2.81. The molecular weight excluding hydrogens is 212 g/mol. The summed E-state index contributed by atoms with van der Waals surface area (Å²) in [5.41, 5.74) is 1.32. The van der Waals surface area contributed by atoms with Gasteiger partial charge < -0.3 is 4.74 Å². The molecule has 1 aliphatic carbocycles. The second-order valence-corrected chi connectivity index (χ2v) is 4.30. The topological polar surface area (TPSA) is 26.3 Å². The third kappa shape index (κ3) is 1.68. The van der Waals surface area contributed by atoms with E-state index in [1.165, 1.54) is 5.56 Å². The van der Waals surface area contributed by atoms with Gasteiger partial charge in [-0.25, -0.2) is 0 Å². The molecule has 2 rings (SSSR count). The van der Waals surface area contributed by atoms with Crippen LogP contribution < -0.4 is 0 Å². The quantitative estimate of drug-likeness (QED) is 0.722. The fourth-order valence-corrected chi connectivity index (χ4v) is 2.39. The third-order valence-electron chi connectivity index (χ3n) is 3.08. The molecule has 1 atom stereocenters. The van der Waals surface area contributed by atoms with Crippen molar-refractivity contribution in [3.8, 4) is 0 Å². The highest BCUT2D eigenvalue weighted by molar-refractivity contribution is 6.30. The Morgan fingerprint density at radius 2 is 2.33 bits per heavy atom. The average Bonchev–Trinajstić information content (AvgIpc) is 2.28. The zero-order chi connectivity index (χ0) is 10.9. The average molecular weight is 225 g/mol. The lowest BCUT2D eigenvalue weighted by Gasteiger charge is -2.33. The van der Waals surface area contributed by atoms with Crippen LogP contribution in [-0.2, 0) is 21.6 Å². The molecule has 0 saturated carbocycles. The van der Waals surface area contributed by atoms with Crippen LogP contribution in [-0.4, -0.2) is 13.4 Å². The minimum absolute atomic E-state index is 0.652. The Labute approximate surface area is 94.2 Å². The van der Waals surface area contributed by atoms with Crippen LogP contribution >= 0.6 is 11.6 Å². The van der Waals surface area contributed by atoms with Crippen molar-refractivity contribution in [2.45, 2.75) is 24.9 Å². The standard InChI is InChI=1S/C12H13ClO2/c1-15-12(8-14)6-2-3-9-4-5-10(13)7-11(9)12/h4-5,7-8H,2-3,6H2,1H3. The lowest BCUT2D eigenvalue weighted by molar-refractivity contribution is -0.130. The van der Waals surface area contributed by atoms with Gasteiger partial charge in [0.25, 0.3) is 0 Å². The highest BCUT2D eigenvalue weighted by atomic mass is 35.5. The molecule has 0 spiro atoms. The molecule has 0 aliphatic heterocycles. The minimum Gasteiger partial charge on any atom is -0.366 e. The molecule has 0 N–H and O–H groups in total. The van der Waals surface area contributed by atoms with Gasteiger partial charge in [-0.2, -0.15) is 0 Å². The summed E-state index contributed by atoms with van der Waals surface area (Å²) in [6.45, 7) is 0. The first-order chi connectivity index (χ1) is 7.22. The summed E-state index contributed by atoms with van der Waals surface area (Å²) in [7, 11) is 1.57. The summed E-state index contributed by atoms with van der Waals surface area (Å²) in [4.78, 5) is 11.2. The monoisotopic (exact) mass is 224 g/mol. The summed E-state index contributed by atoms with van der Waals surface area (Å²) in [6, 6.07) is 5.68. The van der Waals surface area contributed by atoms with Gasteiger partial charge in [0, 0.05) is 12.1 Å². The SMILES string of the molecule is COC1(C=O)CCCc2ccc(Cl)cc21. The fourth-order valence-electron chi connectivity index (χ4n) is 2.22. The van der Waals surface area contributed by atoms with Crippen LogP contribution in [0.5, 0.6) is 0 Å². The van der Waals surface area contributed by atoms with Crippen molar-refractivity contribution in [1.29, 1.82) is 0 Å². The normalized spacial score (nSPS) is 24.7. The molecule has 1 aliphatic rings. The van der Waals surface area contributed by atoms with Crippen LogP contribution in [0.25, 0.3) is 0 Å². The summed E-state index contributed by atoms with van der Waals surface area (Å²) in [6.07, 6.45) is 3.59. The second-order valence-electron chi connectivity index (χ2n) is 3.87. The van der Waals surface area contributed by atoms with Gasteiger partial charge in [-0.15, -0.1) is 0 Å². The van der Waals surface area contributed by atoms with Crippen molar-refractivity contribution in [3.63, 3.8) is 0 Å². The second kappa shape index (κ2) is 3.95. The molecule has 0 radical (unpaired) electrons. The Balaban J connectivity index is 2.57. The van der Waals surface area contributed by atoms with E-state index in [9.17, 15) is 4.79 Å². The summed E-state index contributed by atoms with van der Waals surface area (Å²) in [5, 5.41) is 0.652. The van der Waals surface area contributed by atoms with Gasteiger partial charge in [0.05, 0.1) is 0 Å². The van der Waals surface area contributed by atoms with E-state index < -0.39 is 5.60 Å². The molecule has 0 saturated heterocycles. The molecule has 80 valence electrons. The Morgan fingerprint density at radius 1 is 1.53 bits per heavy atom. The predicted octanol–water partition coefficient (Wildman–Crippen LogP) is 2.72. The van der Waals surface area contributed by atoms with Crippen molar-refractivity contribution in [2.75, 3.05) is 7.11 Å². The van der Waals surface area contributed by atoms with Crippen LogP contribution in [0.1, 0.15) is 24.0 Å². The number of carbonyl (C=O) groups is 1. The van der Waals surface area contributed by atoms with Crippen molar-refractivity contribution in [3.05, 3.63) is 34.3 Å². The summed E-state index contributed by atoms with van der Waals surface area (Å²) >= 11 is 5.95. The number of methoxy groups -OCH3 is 1. The lowest BCUT2D eigenvalue weighted by atomic mass is 9.80.